The molecular formula is C15H16ClNO6. The van der Waals surface area contributed by atoms with Gasteiger partial charge in [-0.15, -0.1) is 10.2 Å². The zero-order valence-corrected chi connectivity index (χ0v) is 13.3. The van der Waals surface area contributed by atoms with Gasteiger partial charge < -0.3 is 4.42 Å². The van der Waals surface area contributed by atoms with Gasteiger partial charge in [-0.2, -0.15) is 4.99 Å². The predicted molar refractivity (Wildman–Crippen MR) is 68.3 cm³/mol. The normalized spacial score (nSPS) is 11.7. The van der Waals surface area contributed by atoms with Crippen LogP contribution in [-0.4, -0.2) is 5.91 Å². The Bertz CT molecular complexity index is 700. The Morgan fingerprint density at radius 1 is 1.13 bits per heavy atom. The molecule has 124 valence electrons. The van der Waals surface area contributed by atoms with Crippen LogP contribution in [0, 0.1) is 17.2 Å². The highest BCUT2D eigenvalue weighted by Gasteiger charge is 2.06. The molecule has 1 heterocycles. The van der Waals surface area contributed by atoms with E-state index in [2.05, 4.69) is 4.99 Å². The molecule has 1 aromatic heterocycles. The van der Waals surface area contributed by atoms with Crippen LogP contribution in [0.3, 0.4) is 0 Å². The van der Waals surface area contributed by atoms with E-state index >= 15 is 0 Å². The van der Waals surface area contributed by atoms with Gasteiger partial charge in [0.05, 0.1) is 12.5 Å². The zero-order valence-electron chi connectivity index (χ0n) is 12.6. The summed E-state index contributed by atoms with van der Waals surface area (Å²) in [5.41, 5.74) is 0.994. The van der Waals surface area contributed by atoms with Gasteiger partial charge in [0.1, 0.15) is 11.5 Å². The number of hydrogen-bond acceptors (Lipinski definition) is 6. The molecule has 23 heavy (non-hydrogen) atoms. The maximum atomic E-state index is 11.4. The van der Waals surface area contributed by atoms with Gasteiger partial charge in [-0.3, -0.25) is 0 Å². The van der Waals surface area contributed by atoms with Crippen LogP contribution in [-0.2, 0) is 4.79 Å². The summed E-state index contributed by atoms with van der Waals surface area (Å²) in [6.45, 7) is 3.70. The summed E-state index contributed by atoms with van der Waals surface area (Å²) in [6, 6.07) is 13.5. The van der Waals surface area contributed by atoms with E-state index in [4.69, 9.17) is 23.1 Å². The Hall–Kier alpha value is -2.03. The van der Waals surface area contributed by atoms with Crippen LogP contribution < -0.4 is 29.0 Å². The second kappa shape index (κ2) is 8.56. The van der Waals surface area contributed by atoms with Crippen molar-refractivity contribution in [3.8, 4) is 11.3 Å². The minimum atomic E-state index is -4.94. The summed E-state index contributed by atoms with van der Waals surface area (Å²) in [5.74, 6) is 1.52. The van der Waals surface area contributed by atoms with Crippen molar-refractivity contribution >= 4 is 5.91 Å². The van der Waals surface area contributed by atoms with E-state index in [-0.39, 0.29) is 5.91 Å². The van der Waals surface area contributed by atoms with Crippen LogP contribution in [0.25, 0.3) is 11.3 Å². The number of carbonyl (C=O) groups excluding carboxylic acids is 1. The van der Waals surface area contributed by atoms with Crippen LogP contribution >= 0.6 is 0 Å². The van der Waals surface area contributed by atoms with Gasteiger partial charge in [0, 0.05) is 11.6 Å². The number of benzene rings is 1. The lowest BCUT2D eigenvalue weighted by molar-refractivity contribution is -2.00. The van der Waals surface area contributed by atoms with Gasteiger partial charge in [-0.1, -0.05) is 37.3 Å². The van der Waals surface area contributed by atoms with Gasteiger partial charge in [0.15, 0.2) is 0 Å². The molecule has 0 aliphatic rings. The third kappa shape index (κ3) is 8.24. The highest BCUT2D eigenvalue weighted by atomic mass is 35.7. The van der Waals surface area contributed by atoms with Gasteiger partial charge in [-0.05, 0) is 6.92 Å². The van der Waals surface area contributed by atoms with Crippen molar-refractivity contribution in [3.63, 3.8) is 0 Å². The molecule has 0 spiro atoms. The van der Waals surface area contributed by atoms with Crippen molar-refractivity contribution in [2.24, 2.45) is 0 Å². The maximum absolute atomic E-state index is 11.4. The maximum Gasteiger partial charge on any atom is 0.385 e. The molecule has 0 saturated heterocycles. The third-order valence-electron chi connectivity index (χ3n) is 2.58. The standard InChI is InChI=1S/C15H15NO2.ClHO4/c1-3-15(17)16-13-9-11(2)18-14(10-13)12-7-5-4-6-8-12;2-1(3,4)5/h4-10H,3H2,1-2H3;(H,2,3,4,5). The summed E-state index contributed by atoms with van der Waals surface area (Å²) >= 11 is 0. The van der Waals surface area contributed by atoms with Crippen LogP contribution in [0.4, 0.5) is 0 Å². The molecule has 2 aromatic rings. The van der Waals surface area contributed by atoms with Crippen molar-refractivity contribution in [2.75, 3.05) is 0 Å². The predicted octanol–water partition coefficient (Wildman–Crippen LogP) is -3.58. The summed E-state index contributed by atoms with van der Waals surface area (Å²) in [4.78, 5) is 14.2. The van der Waals surface area contributed by atoms with Gasteiger partial charge in [0.25, 0.3) is 0 Å². The van der Waals surface area contributed by atoms with Gasteiger partial charge in [0.2, 0.25) is 5.36 Å². The molecule has 0 radical (unpaired) electrons. The van der Waals surface area contributed by atoms with Crippen LogP contribution in [0.1, 0.15) is 19.1 Å². The van der Waals surface area contributed by atoms with E-state index in [1.807, 2.05) is 56.3 Å². The topological polar surface area (TPSA) is 136 Å². The van der Waals surface area contributed by atoms with Crippen molar-refractivity contribution in [1.82, 2.24) is 0 Å². The Morgan fingerprint density at radius 2 is 1.70 bits per heavy atom. The molecule has 8 heteroatoms. The molecule has 1 aromatic carbocycles. The summed E-state index contributed by atoms with van der Waals surface area (Å²) in [7, 11) is -4.94. The fraction of sp³-hybridized carbons (Fsp3) is 0.200. The highest BCUT2D eigenvalue weighted by Crippen LogP contribution is 2.17. The Balaban J connectivity index is 0.000000463. The molecule has 0 fully saturated rings. The fourth-order valence-corrected chi connectivity index (χ4v) is 1.70. The van der Waals surface area contributed by atoms with Crippen molar-refractivity contribution in [3.05, 3.63) is 53.6 Å². The lowest BCUT2D eigenvalue weighted by Gasteiger charge is -2.17. The Morgan fingerprint density at radius 3 is 2.22 bits per heavy atom. The molecular weight excluding hydrogens is 326 g/mol. The number of rotatable bonds is 2. The van der Waals surface area contributed by atoms with Gasteiger partial charge in [-0.25, -0.2) is 23.4 Å². The summed E-state index contributed by atoms with van der Waals surface area (Å²) in [5, 5.41) is 0.768. The van der Waals surface area contributed by atoms with Crippen molar-refractivity contribution in [2.45, 2.75) is 20.3 Å². The Kier molecular flexibility index (Phi) is 7.08. The molecule has 2 rings (SSSR count). The molecule has 0 atom stereocenters. The second-order valence-electron chi connectivity index (χ2n) is 4.47. The quantitative estimate of drug-likeness (QED) is 0.599. The molecule has 7 nitrogen and oxygen atoms in total. The number of hydrogen-bond donors (Lipinski definition) is 1. The molecule has 0 unspecified atom stereocenters. The van der Waals surface area contributed by atoms with Crippen LogP contribution in [0.15, 0.2) is 46.9 Å². The summed E-state index contributed by atoms with van der Waals surface area (Å²) < 4.78 is 39.6. The van der Waals surface area contributed by atoms with E-state index in [0.717, 1.165) is 22.4 Å². The zero-order chi connectivity index (χ0) is 17.5. The third-order valence-corrected chi connectivity index (χ3v) is 2.58. The Labute approximate surface area is 134 Å². The van der Waals surface area contributed by atoms with Crippen molar-refractivity contribution in [1.29, 1.82) is 0 Å². The SMILES string of the molecule is CCC(=O)[NH+]=c1cc(C)oc(-c2ccccc2)c1.[O-][Cl+3]([O-])([O-])[O-]. The summed E-state index contributed by atoms with van der Waals surface area (Å²) in [6.07, 6.45) is 0.464. The van der Waals surface area contributed by atoms with E-state index in [1.54, 1.807) is 0 Å². The monoisotopic (exact) mass is 341 g/mol. The molecule has 1 N–H and O–H groups in total. The minimum absolute atomic E-state index is 0.000360. The van der Waals surface area contributed by atoms with Gasteiger partial charge >= 0.3 is 5.91 Å². The van der Waals surface area contributed by atoms with E-state index < -0.39 is 10.2 Å². The molecule has 0 saturated carbocycles. The average molecular weight is 342 g/mol. The minimum Gasteiger partial charge on any atom is -0.461 e. The number of nitrogens with one attached hydrogen (secondary N) is 1. The highest BCUT2D eigenvalue weighted by molar-refractivity contribution is 5.64. The van der Waals surface area contributed by atoms with E-state index in [0.29, 0.717) is 6.42 Å². The first-order chi connectivity index (χ1) is 10.7. The first kappa shape index (κ1) is 19.0. The average Bonchev–Trinajstić information content (AvgIpc) is 2.45. The van der Waals surface area contributed by atoms with E-state index in [9.17, 15) is 4.79 Å². The number of carbonyl (C=O) groups is 1. The van der Waals surface area contributed by atoms with Crippen LogP contribution in [0.2, 0.25) is 0 Å². The first-order valence-corrected chi connectivity index (χ1v) is 7.84. The fourth-order valence-electron chi connectivity index (χ4n) is 1.70. The van der Waals surface area contributed by atoms with Crippen molar-refractivity contribution < 1.29 is 43.1 Å². The lowest BCUT2D eigenvalue weighted by atomic mass is 10.1. The molecule has 0 aliphatic carbocycles. The molecule has 0 aliphatic heterocycles. The second-order valence-corrected chi connectivity index (χ2v) is 5.22. The number of halogens is 1. The van der Waals surface area contributed by atoms with Crippen LogP contribution in [0.5, 0.6) is 0 Å². The largest absolute Gasteiger partial charge is 0.461 e. The smallest absolute Gasteiger partial charge is 0.385 e. The number of amides is 1. The number of aryl methyl sites for hydroxylation is 1. The molecule has 1 amide bonds. The molecule has 0 bridgehead atoms. The first-order valence-electron chi connectivity index (χ1n) is 6.61. The van der Waals surface area contributed by atoms with E-state index in [1.165, 1.54) is 0 Å². The lowest BCUT2D eigenvalue weighted by Crippen LogP contribution is -2.80.